The highest BCUT2D eigenvalue weighted by molar-refractivity contribution is 8.01. The first kappa shape index (κ1) is 13.9. The summed E-state index contributed by atoms with van der Waals surface area (Å²) in [7, 11) is 0. The van der Waals surface area contributed by atoms with Gasteiger partial charge in [-0.05, 0) is 26.0 Å². The van der Waals surface area contributed by atoms with Gasteiger partial charge in [0.25, 0.3) is 0 Å². The van der Waals surface area contributed by atoms with Crippen LogP contribution in [0.1, 0.15) is 20.3 Å². The minimum Gasteiger partial charge on any atom is -0.343 e. The van der Waals surface area contributed by atoms with Crippen molar-refractivity contribution in [3.63, 3.8) is 0 Å². The number of benzene rings is 1. The summed E-state index contributed by atoms with van der Waals surface area (Å²) in [6, 6.07) is 7.67. The Bertz CT molecular complexity index is 486. The Kier molecular flexibility index (Phi) is 4.47. The molecule has 5 heteroatoms. The third kappa shape index (κ3) is 3.10. The molecule has 0 bridgehead atoms. The van der Waals surface area contributed by atoms with E-state index in [0.717, 1.165) is 10.6 Å². The van der Waals surface area contributed by atoms with Gasteiger partial charge in [-0.3, -0.25) is 9.59 Å². The monoisotopic (exact) mass is 278 g/mol. The van der Waals surface area contributed by atoms with Crippen LogP contribution in [-0.2, 0) is 9.59 Å². The SMILES string of the molecule is CCN(CC)C(=O)C[C@@H]1Sc2ccccc2NC1=O. The van der Waals surface area contributed by atoms with Gasteiger partial charge in [0.05, 0.1) is 10.9 Å². The number of nitrogens with zero attached hydrogens (tertiary/aromatic N) is 1. The zero-order chi connectivity index (χ0) is 13.8. The largest absolute Gasteiger partial charge is 0.343 e. The van der Waals surface area contributed by atoms with E-state index in [-0.39, 0.29) is 23.5 Å². The lowest BCUT2D eigenvalue weighted by Crippen LogP contribution is -2.37. The molecule has 19 heavy (non-hydrogen) atoms. The molecule has 2 rings (SSSR count). The molecule has 0 aromatic heterocycles. The Morgan fingerprint density at radius 1 is 1.32 bits per heavy atom. The lowest BCUT2D eigenvalue weighted by molar-refractivity contribution is -0.132. The Morgan fingerprint density at radius 3 is 2.68 bits per heavy atom. The van der Waals surface area contributed by atoms with Gasteiger partial charge in [-0.2, -0.15) is 0 Å². The van der Waals surface area contributed by atoms with E-state index in [1.54, 1.807) is 4.90 Å². The molecule has 1 heterocycles. The molecular weight excluding hydrogens is 260 g/mol. The normalized spacial score (nSPS) is 17.6. The molecule has 1 aliphatic rings. The maximum absolute atomic E-state index is 12.1. The molecule has 2 amide bonds. The van der Waals surface area contributed by atoms with Crippen LogP contribution in [0, 0.1) is 0 Å². The number of anilines is 1. The van der Waals surface area contributed by atoms with E-state index in [2.05, 4.69) is 5.32 Å². The van der Waals surface area contributed by atoms with Gasteiger partial charge in [0, 0.05) is 24.4 Å². The first-order chi connectivity index (χ1) is 9.15. The van der Waals surface area contributed by atoms with Gasteiger partial charge in [0.2, 0.25) is 11.8 Å². The van der Waals surface area contributed by atoms with Crippen molar-refractivity contribution in [1.29, 1.82) is 0 Å². The van der Waals surface area contributed by atoms with Gasteiger partial charge < -0.3 is 10.2 Å². The highest BCUT2D eigenvalue weighted by Crippen LogP contribution is 2.36. The maximum Gasteiger partial charge on any atom is 0.238 e. The molecule has 0 saturated heterocycles. The second-order valence-corrected chi connectivity index (χ2v) is 5.61. The number of thioether (sulfide) groups is 1. The first-order valence-electron chi connectivity index (χ1n) is 6.50. The molecule has 102 valence electrons. The molecule has 1 N–H and O–H groups in total. The van der Waals surface area contributed by atoms with Crippen LogP contribution in [0.2, 0.25) is 0 Å². The van der Waals surface area contributed by atoms with Crippen LogP contribution in [0.25, 0.3) is 0 Å². The lowest BCUT2D eigenvalue weighted by atomic mass is 10.2. The van der Waals surface area contributed by atoms with Gasteiger partial charge in [0.15, 0.2) is 0 Å². The molecule has 0 fully saturated rings. The minimum atomic E-state index is -0.331. The number of rotatable bonds is 4. The van der Waals surface area contributed by atoms with Crippen molar-refractivity contribution in [2.24, 2.45) is 0 Å². The predicted octanol–water partition coefficient (Wildman–Crippen LogP) is 2.36. The summed E-state index contributed by atoms with van der Waals surface area (Å²) >= 11 is 1.47. The lowest BCUT2D eigenvalue weighted by Gasteiger charge is -2.26. The molecular formula is C14H18N2O2S. The standard InChI is InChI=1S/C14H18N2O2S/c1-3-16(4-2)13(17)9-12-14(18)15-10-7-5-6-8-11(10)19-12/h5-8,12H,3-4,9H2,1-2H3,(H,15,18)/t12-/m0/s1. The number of fused-ring (bicyclic) bond motifs is 1. The quantitative estimate of drug-likeness (QED) is 0.920. The molecule has 0 aliphatic carbocycles. The van der Waals surface area contributed by atoms with Crippen molar-refractivity contribution in [1.82, 2.24) is 4.90 Å². The molecule has 1 aromatic rings. The third-order valence-electron chi connectivity index (χ3n) is 3.18. The van der Waals surface area contributed by atoms with Crippen LogP contribution in [0.15, 0.2) is 29.2 Å². The zero-order valence-corrected chi connectivity index (χ0v) is 12.0. The van der Waals surface area contributed by atoms with E-state index >= 15 is 0 Å². The molecule has 0 radical (unpaired) electrons. The number of carbonyl (C=O) groups excluding carboxylic acids is 2. The van der Waals surface area contributed by atoms with Crippen LogP contribution in [0.5, 0.6) is 0 Å². The van der Waals surface area contributed by atoms with Gasteiger partial charge in [-0.25, -0.2) is 0 Å². The second kappa shape index (κ2) is 6.10. The molecule has 1 aromatic carbocycles. The predicted molar refractivity (Wildman–Crippen MR) is 77.3 cm³/mol. The minimum absolute atomic E-state index is 0.0389. The van der Waals surface area contributed by atoms with Crippen molar-refractivity contribution in [3.8, 4) is 0 Å². The molecule has 0 unspecified atom stereocenters. The number of nitrogens with one attached hydrogen (secondary N) is 1. The van der Waals surface area contributed by atoms with E-state index < -0.39 is 0 Å². The molecule has 1 atom stereocenters. The van der Waals surface area contributed by atoms with Crippen molar-refractivity contribution in [2.75, 3.05) is 18.4 Å². The summed E-state index contributed by atoms with van der Waals surface area (Å²) in [6.07, 6.45) is 0.256. The highest BCUT2D eigenvalue weighted by Gasteiger charge is 2.29. The van der Waals surface area contributed by atoms with Gasteiger partial charge >= 0.3 is 0 Å². The summed E-state index contributed by atoms with van der Waals surface area (Å²) in [5.74, 6) is -0.0405. The molecule has 0 spiro atoms. The van der Waals surface area contributed by atoms with E-state index in [1.165, 1.54) is 11.8 Å². The number of para-hydroxylation sites is 1. The van der Waals surface area contributed by atoms with Gasteiger partial charge in [-0.1, -0.05) is 12.1 Å². The van der Waals surface area contributed by atoms with Crippen LogP contribution in [0.4, 0.5) is 5.69 Å². The van der Waals surface area contributed by atoms with Crippen molar-refractivity contribution >= 4 is 29.3 Å². The maximum atomic E-state index is 12.1. The zero-order valence-electron chi connectivity index (χ0n) is 11.2. The fourth-order valence-corrected chi connectivity index (χ4v) is 3.19. The number of carbonyl (C=O) groups is 2. The van der Waals surface area contributed by atoms with Crippen LogP contribution in [-0.4, -0.2) is 35.1 Å². The number of hydrogen-bond acceptors (Lipinski definition) is 3. The Labute approximate surface area is 117 Å². The second-order valence-electron chi connectivity index (χ2n) is 4.36. The fraction of sp³-hybridized carbons (Fsp3) is 0.429. The molecule has 0 saturated carbocycles. The smallest absolute Gasteiger partial charge is 0.238 e. The summed E-state index contributed by atoms with van der Waals surface area (Å²) in [5, 5.41) is 2.53. The molecule has 1 aliphatic heterocycles. The molecule has 4 nitrogen and oxygen atoms in total. The summed E-state index contributed by atoms with van der Waals surface area (Å²) < 4.78 is 0. The van der Waals surface area contributed by atoms with Crippen molar-refractivity contribution in [3.05, 3.63) is 24.3 Å². The summed E-state index contributed by atoms with van der Waals surface area (Å²) in [5.41, 5.74) is 0.837. The van der Waals surface area contributed by atoms with Crippen LogP contribution in [0.3, 0.4) is 0 Å². The number of amides is 2. The van der Waals surface area contributed by atoms with E-state index in [4.69, 9.17) is 0 Å². The highest BCUT2D eigenvalue weighted by atomic mass is 32.2. The number of hydrogen-bond donors (Lipinski definition) is 1. The first-order valence-corrected chi connectivity index (χ1v) is 7.38. The topological polar surface area (TPSA) is 49.4 Å². The van der Waals surface area contributed by atoms with Gasteiger partial charge in [0.1, 0.15) is 0 Å². The van der Waals surface area contributed by atoms with Gasteiger partial charge in [-0.15, -0.1) is 11.8 Å². The fourth-order valence-electron chi connectivity index (χ4n) is 2.09. The Balaban J connectivity index is 2.07. The summed E-state index contributed by atoms with van der Waals surface area (Å²) in [6.45, 7) is 5.27. The Hall–Kier alpha value is -1.49. The third-order valence-corrected chi connectivity index (χ3v) is 4.46. The van der Waals surface area contributed by atoms with Crippen LogP contribution < -0.4 is 5.32 Å². The Morgan fingerprint density at radius 2 is 2.00 bits per heavy atom. The average molecular weight is 278 g/mol. The average Bonchev–Trinajstić information content (AvgIpc) is 2.41. The summed E-state index contributed by atoms with van der Waals surface area (Å²) in [4.78, 5) is 26.8. The van der Waals surface area contributed by atoms with E-state index in [0.29, 0.717) is 13.1 Å². The van der Waals surface area contributed by atoms with E-state index in [9.17, 15) is 9.59 Å². The van der Waals surface area contributed by atoms with Crippen molar-refractivity contribution < 1.29 is 9.59 Å². The van der Waals surface area contributed by atoms with E-state index in [1.807, 2.05) is 38.1 Å². The van der Waals surface area contributed by atoms with Crippen LogP contribution >= 0.6 is 11.8 Å². The van der Waals surface area contributed by atoms with Crippen molar-refractivity contribution in [2.45, 2.75) is 30.4 Å².